The van der Waals surface area contributed by atoms with Gasteiger partial charge in [0, 0.05) is 13.1 Å². The van der Waals surface area contributed by atoms with Crippen molar-refractivity contribution in [1.29, 1.82) is 0 Å². The molecule has 0 bridgehead atoms. The van der Waals surface area contributed by atoms with Crippen molar-refractivity contribution in [2.24, 2.45) is 0 Å². The normalized spacial score (nSPS) is 16.7. The summed E-state index contributed by atoms with van der Waals surface area (Å²) in [6, 6.07) is 9.16. The Morgan fingerprint density at radius 1 is 1.27 bits per heavy atom. The molecule has 1 aromatic carbocycles. The molecule has 5 nitrogen and oxygen atoms in total. The Balaban J connectivity index is 1.56. The summed E-state index contributed by atoms with van der Waals surface area (Å²) in [5.41, 5.74) is 0.758. The summed E-state index contributed by atoms with van der Waals surface area (Å²) in [5, 5.41) is 4.65. The van der Waals surface area contributed by atoms with Gasteiger partial charge in [0.15, 0.2) is 0 Å². The van der Waals surface area contributed by atoms with E-state index in [-0.39, 0.29) is 24.1 Å². The molecule has 26 heavy (non-hydrogen) atoms. The molecule has 1 aromatic heterocycles. The van der Waals surface area contributed by atoms with E-state index in [0.29, 0.717) is 17.8 Å². The molecule has 0 saturated carbocycles. The number of alkyl halides is 2. The molecule has 1 N–H and O–H groups in total. The summed E-state index contributed by atoms with van der Waals surface area (Å²) in [5.74, 6) is -0.259. The zero-order chi connectivity index (χ0) is 18.5. The Morgan fingerprint density at radius 3 is 2.69 bits per heavy atom. The van der Waals surface area contributed by atoms with E-state index < -0.39 is 12.7 Å². The lowest BCUT2D eigenvalue weighted by molar-refractivity contribution is -0.125. The van der Waals surface area contributed by atoms with Gasteiger partial charge in [0.1, 0.15) is 11.8 Å². The molecule has 138 valence electrons. The molecule has 1 aliphatic rings. The molecule has 8 heteroatoms. The van der Waals surface area contributed by atoms with Gasteiger partial charge in [-0.2, -0.15) is 8.78 Å². The number of thiophene rings is 1. The number of hydrogen-bond acceptors (Lipinski definition) is 4. The topological polar surface area (TPSA) is 58.6 Å². The molecule has 1 unspecified atom stereocenters. The minimum absolute atomic E-state index is 0.0681. The van der Waals surface area contributed by atoms with Crippen molar-refractivity contribution >= 4 is 23.2 Å². The van der Waals surface area contributed by atoms with Crippen molar-refractivity contribution in [3.63, 3.8) is 0 Å². The summed E-state index contributed by atoms with van der Waals surface area (Å²) >= 11 is 1.36. The Hall–Kier alpha value is -2.48. The van der Waals surface area contributed by atoms with Crippen LogP contribution >= 0.6 is 11.3 Å². The molecule has 2 heterocycles. The number of carbonyl (C=O) groups is 2. The predicted octanol–water partition coefficient (Wildman–Crippen LogP) is 3.27. The minimum atomic E-state index is -2.87. The quantitative estimate of drug-likeness (QED) is 0.837. The number of carbonyl (C=O) groups excluding carboxylic acids is 2. The van der Waals surface area contributed by atoms with Crippen LogP contribution in [0.5, 0.6) is 5.75 Å². The molecular weight excluding hydrogens is 362 g/mol. The molecule has 1 fully saturated rings. The van der Waals surface area contributed by atoms with Gasteiger partial charge in [-0.25, -0.2) is 0 Å². The average Bonchev–Trinajstić information content (AvgIpc) is 3.31. The van der Waals surface area contributed by atoms with Gasteiger partial charge in [-0.05, 0) is 42.0 Å². The third-order valence-electron chi connectivity index (χ3n) is 4.16. The van der Waals surface area contributed by atoms with Crippen molar-refractivity contribution in [3.8, 4) is 5.75 Å². The van der Waals surface area contributed by atoms with Gasteiger partial charge in [0.25, 0.3) is 5.91 Å². The SMILES string of the molecule is O=C(NCc1ccc(OC(F)F)cc1)C1CCCN1C(=O)c1cccs1. The number of nitrogens with zero attached hydrogens (tertiary/aromatic N) is 1. The van der Waals surface area contributed by atoms with Crippen LogP contribution in [0.4, 0.5) is 8.78 Å². The Bertz CT molecular complexity index is 750. The van der Waals surface area contributed by atoms with Crippen LogP contribution in [0.25, 0.3) is 0 Å². The fourth-order valence-corrected chi connectivity index (χ4v) is 3.60. The molecule has 1 atom stereocenters. The highest BCUT2D eigenvalue weighted by molar-refractivity contribution is 7.12. The van der Waals surface area contributed by atoms with Gasteiger partial charge in [-0.3, -0.25) is 9.59 Å². The van der Waals surface area contributed by atoms with Gasteiger partial charge < -0.3 is 15.0 Å². The molecule has 1 saturated heterocycles. The van der Waals surface area contributed by atoms with Crippen LogP contribution in [0, 0.1) is 0 Å². The van der Waals surface area contributed by atoms with Crippen molar-refractivity contribution < 1.29 is 23.1 Å². The van der Waals surface area contributed by atoms with E-state index in [0.717, 1.165) is 12.0 Å². The first-order valence-electron chi connectivity index (χ1n) is 8.20. The lowest BCUT2D eigenvalue weighted by Crippen LogP contribution is -2.45. The first-order chi connectivity index (χ1) is 12.5. The maximum absolute atomic E-state index is 12.5. The number of halogens is 2. The smallest absolute Gasteiger partial charge is 0.387 e. The highest BCUT2D eigenvalue weighted by Gasteiger charge is 2.34. The molecule has 2 amide bonds. The van der Waals surface area contributed by atoms with E-state index in [1.54, 1.807) is 23.1 Å². The third kappa shape index (κ3) is 4.37. The highest BCUT2D eigenvalue weighted by atomic mass is 32.1. The molecule has 0 radical (unpaired) electrons. The second-order valence-electron chi connectivity index (χ2n) is 5.87. The number of ether oxygens (including phenoxy) is 1. The largest absolute Gasteiger partial charge is 0.435 e. The summed E-state index contributed by atoms with van der Waals surface area (Å²) in [7, 11) is 0. The number of amides is 2. The molecule has 2 aromatic rings. The van der Waals surface area contributed by atoms with Crippen LogP contribution in [0.1, 0.15) is 28.1 Å². The van der Waals surface area contributed by atoms with E-state index in [9.17, 15) is 18.4 Å². The van der Waals surface area contributed by atoms with E-state index in [1.165, 1.54) is 23.5 Å². The standard InChI is InChI=1S/C18H18F2N2O3S/c19-18(20)25-13-7-5-12(6-8-13)11-21-16(23)14-3-1-9-22(14)17(24)15-4-2-10-26-15/h2,4-8,10,14,18H,1,3,9,11H2,(H,21,23). The Labute approximate surface area is 153 Å². The summed E-state index contributed by atoms with van der Waals surface area (Å²) in [4.78, 5) is 27.2. The van der Waals surface area contributed by atoms with Gasteiger partial charge in [-0.1, -0.05) is 18.2 Å². The zero-order valence-corrected chi connectivity index (χ0v) is 14.7. The van der Waals surface area contributed by atoms with Gasteiger partial charge in [0.05, 0.1) is 4.88 Å². The highest BCUT2D eigenvalue weighted by Crippen LogP contribution is 2.22. The lowest BCUT2D eigenvalue weighted by atomic mass is 10.1. The van der Waals surface area contributed by atoms with Crippen molar-refractivity contribution in [2.45, 2.75) is 32.0 Å². The van der Waals surface area contributed by atoms with Crippen molar-refractivity contribution in [3.05, 3.63) is 52.2 Å². The first kappa shape index (κ1) is 18.3. The van der Waals surface area contributed by atoms with E-state index in [1.807, 2.05) is 11.4 Å². The van der Waals surface area contributed by atoms with Crippen molar-refractivity contribution in [2.75, 3.05) is 6.54 Å². The number of nitrogens with one attached hydrogen (secondary N) is 1. The monoisotopic (exact) mass is 380 g/mol. The maximum atomic E-state index is 12.5. The predicted molar refractivity (Wildman–Crippen MR) is 93.3 cm³/mol. The first-order valence-corrected chi connectivity index (χ1v) is 9.08. The summed E-state index contributed by atoms with van der Waals surface area (Å²) in [6.45, 7) is -2.05. The van der Waals surface area contributed by atoms with Crippen LogP contribution in [0.3, 0.4) is 0 Å². The Morgan fingerprint density at radius 2 is 2.04 bits per heavy atom. The van der Waals surface area contributed by atoms with Gasteiger partial charge >= 0.3 is 6.61 Å². The van der Waals surface area contributed by atoms with E-state index in [4.69, 9.17) is 0 Å². The molecule has 3 rings (SSSR count). The number of hydrogen-bond donors (Lipinski definition) is 1. The Kier molecular flexibility index (Phi) is 5.82. The van der Waals surface area contributed by atoms with Gasteiger partial charge in [-0.15, -0.1) is 11.3 Å². The summed E-state index contributed by atoms with van der Waals surface area (Å²) < 4.78 is 28.6. The van der Waals surface area contributed by atoms with Crippen LogP contribution < -0.4 is 10.1 Å². The second-order valence-corrected chi connectivity index (χ2v) is 6.82. The molecule has 0 aliphatic carbocycles. The van der Waals surface area contributed by atoms with Gasteiger partial charge in [0.2, 0.25) is 5.91 Å². The fourth-order valence-electron chi connectivity index (χ4n) is 2.92. The third-order valence-corrected chi connectivity index (χ3v) is 5.02. The number of benzene rings is 1. The summed E-state index contributed by atoms with van der Waals surface area (Å²) in [6.07, 6.45) is 1.42. The molecular formula is C18H18F2N2O3S. The van der Waals surface area contributed by atoms with E-state index >= 15 is 0 Å². The van der Waals surface area contributed by atoms with E-state index in [2.05, 4.69) is 10.1 Å². The van der Waals surface area contributed by atoms with Crippen LogP contribution in [-0.4, -0.2) is 35.9 Å². The maximum Gasteiger partial charge on any atom is 0.387 e. The molecule has 1 aliphatic heterocycles. The lowest BCUT2D eigenvalue weighted by Gasteiger charge is -2.23. The van der Waals surface area contributed by atoms with Crippen LogP contribution in [-0.2, 0) is 11.3 Å². The zero-order valence-electron chi connectivity index (χ0n) is 13.9. The fraction of sp³-hybridized carbons (Fsp3) is 0.333. The number of likely N-dealkylation sites (tertiary alicyclic amines) is 1. The average molecular weight is 380 g/mol. The molecule has 0 spiro atoms. The number of rotatable bonds is 6. The van der Waals surface area contributed by atoms with Crippen molar-refractivity contribution in [1.82, 2.24) is 10.2 Å². The van der Waals surface area contributed by atoms with Crippen LogP contribution in [0.2, 0.25) is 0 Å². The second kappa shape index (κ2) is 8.27. The van der Waals surface area contributed by atoms with Crippen LogP contribution in [0.15, 0.2) is 41.8 Å². The minimum Gasteiger partial charge on any atom is -0.435 e.